The Bertz CT molecular complexity index is 807. The van der Waals surface area contributed by atoms with E-state index in [0.29, 0.717) is 0 Å². The summed E-state index contributed by atoms with van der Waals surface area (Å²) in [6.45, 7) is 27.4. The van der Waals surface area contributed by atoms with Crippen LogP contribution < -0.4 is 10.6 Å². The average molecular weight is 622 g/mol. The summed E-state index contributed by atoms with van der Waals surface area (Å²) >= 11 is -0.106. The van der Waals surface area contributed by atoms with Crippen LogP contribution in [-0.4, -0.2) is 0 Å². The number of hydrogen-bond acceptors (Lipinski definition) is 0. The fourth-order valence-corrected chi connectivity index (χ4v) is 5.46. The van der Waals surface area contributed by atoms with Crippen molar-refractivity contribution in [2.45, 2.75) is 105 Å². The second-order valence-electron chi connectivity index (χ2n) is 12.6. The average Bonchev–Trinajstić information content (AvgIpc) is 2.59. The minimum atomic E-state index is -0.106. The summed E-state index contributed by atoms with van der Waals surface area (Å²) in [5, 5.41) is 2.66. The van der Waals surface area contributed by atoms with Crippen LogP contribution in [0.3, 0.4) is 0 Å². The molecular formula is C28H46Cl2P2Pd. The van der Waals surface area contributed by atoms with E-state index in [9.17, 15) is 0 Å². The second kappa shape index (κ2) is 13.2. The molecule has 0 bridgehead atoms. The summed E-state index contributed by atoms with van der Waals surface area (Å²) in [5.41, 5.74) is 6.72. The van der Waals surface area contributed by atoms with Gasteiger partial charge in [-0.15, -0.1) is 18.5 Å². The molecule has 0 aliphatic heterocycles. The van der Waals surface area contributed by atoms with Crippen LogP contribution in [0.5, 0.6) is 0 Å². The minimum absolute atomic E-state index is 0.106. The van der Waals surface area contributed by atoms with Crippen molar-refractivity contribution in [3.05, 3.63) is 58.7 Å². The predicted molar refractivity (Wildman–Crippen MR) is 158 cm³/mol. The van der Waals surface area contributed by atoms with Crippen molar-refractivity contribution in [3.8, 4) is 0 Å². The molecule has 0 aliphatic carbocycles. The summed E-state index contributed by atoms with van der Waals surface area (Å²) in [5.74, 6) is 0. The number of rotatable bonds is 0. The third-order valence-electron chi connectivity index (χ3n) is 5.31. The first-order valence-corrected chi connectivity index (χ1v) is 16.5. The Balaban J connectivity index is 0.000000555. The molecule has 192 valence electrons. The molecule has 0 saturated heterocycles. The Morgan fingerprint density at radius 1 is 0.515 bits per heavy atom. The van der Waals surface area contributed by atoms with Gasteiger partial charge in [0.1, 0.15) is 0 Å². The van der Waals surface area contributed by atoms with E-state index in [4.69, 9.17) is 19.1 Å². The number of hydrogen-bond donors (Lipinski definition) is 0. The van der Waals surface area contributed by atoms with Crippen LogP contribution in [0, 0.1) is 0 Å². The summed E-state index contributed by atoms with van der Waals surface area (Å²) < 4.78 is 0. The number of benzene rings is 2. The Morgan fingerprint density at radius 3 is 0.909 bits per heavy atom. The molecule has 33 heavy (non-hydrogen) atoms. The van der Waals surface area contributed by atoms with Crippen LogP contribution in [-0.2, 0) is 37.6 Å². The summed E-state index contributed by atoms with van der Waals surface area (Å²) in [6.07, 6.45) is 0. The van der Waals surface area contributed by atoms with Crippen LogP contribution in [0.1, 0.15) is 105 Å². The SMILES string of the molecule is CC(C)(C)c1cccc(P)c1C(C)(C)C.CC(C)(C)c1cccc(P)c1C(C)(C)C.[Cl][Pd][Cl]. The molecule has 2 atom stereocenters. The molecule has 5 heteroatoms. The Hall–Kier alpha value is 0.542. The van der Waals surface area contributed by atoms with Crippen LogP contribution in [0.4, 0.5) is 0 Å². The van der Waals surface area contributed by atoms with Gasteiger partial charge in [-0.1, -0.05) is 119 Å². The van der Waals surface area contributed by atoms with Crippen LogP contribution in [0.15, 0.2) is 36.4 Å². The standard InChI is InChI=1S/2C14H23P.2ClH.Pd/c2*1-13(2,3)10-8-7-9-11(15)12(10)14(4,5)6;;;/h2*7-9H,15H2,1-6H3;2*1H;/q;;;;+2/p-2. The molecule has 0 aliphatic rings. The fourth-order valence-electron chi connectivity index (χ4n) is 4.06. The predicted octanol–water partition coefficient (Wildman–Crippen LogP) is 8.94. The maximum absolute atomic E-state index is 4.81. The van der Waals surface area contributed by atoms with E-state index >= 15 is 0 Å². The van der Waals surface area contributed by atoms with Gasteiger partial charge in [-0.05, 0) is 54.5 Å². The molecule has 0 nitrogen and oxygen atoms in total. The molecule has 0 N–H and O–H groups in total. The molecule has 2 rings (SSSR count). The van der Waals surface area contributed by atoms with E-state index in [2.05, 4.69) is 138 Å². The van der Waals surface area contributed by atoms with E-state index in [1.807, 2.05) is 0 Å². The van der Waals surface area contributed by atoms with E-state index in [1.165, 1.54) is 32.9 Å². The third kappa shape index (κ3) is 11.0. The molecule has 2 aromatic rings. The van der Waals surface area contributed by atoms with Gasteiger partial charge in [-0.3, -0.25) is 0 Å². The second-order valence-corrected chi connectivity index (χ2v) is 16.2. The molecule has 0 fully saturated rings. The Morgan fingerprint density at radius 2 is 0.758 bits per heavy atom. The van der Waals surface area contributed by atoms with Gasteiger partial charge >= 0.3 is 35.0 Å². The summed E-state index contributed by atoms with van der Waals surface area (Å²) in [4.78, 5) is 0. The molecular weight excluding hydrogens is 576 g/mol. The molecule has 0 heterocycles. The molecule has 0 amide bonds. The zero-order valence-electron chi connectivity index (χ0n) is 22.7. The van der Waals surface area contributed by atoms with E-state index < -0.39 is 0 Å². The van der Waals surface area contributed by atoms with E-state index in [-0.39, 0.29) is 37.6 Å². The van der Waals surface area contributed by atoms with Crippen molar-refractivity contribution in [1.29, 1.82) is 0 Å². The van der Waals surface area contributed by atoms with E-state index in [1.54, 1.807) is 0 Å². The first-order chi connectivity index (χ1) is 14.7. The Kier molecular flexibility index (Phi) is 13.4. The van der Waals surface area contributed by atoms with Crippen LogP contribution >= 0.6 is 37.5 Å². The van der Waals surface area contributed by atoms with Crippen molar-refractivity contribution in [2.75, 3.05) is 0 Å². The van der Waals surface area contributed by atoms with Gasteiger partial charge in [-0.2, -0.15) is 0 Å². The zero-order valence-corrected chi connectivity index (χ0v) is 28.1. The van der Waals surface area contributed by atoms with Crippen molar-refractivity contribution in [3.63, 3.8) is 0 Å². The van der Waals surface area contributed by atoms with Gasteiger partial charge in [0.15, 0.2) is 0 Å². The van der Waals surface area contributed by atoms with Crippen molar-refractivity contribution in [2.24, 2.45) is 0 Å². The Labute approximate surface area is 226 Å². The van der Waals surface area contributed by atoms with Crippen LogP contribution in [0.2, 0.25) is 0 Å². The van der Waals surface area contributed by atoms with Crippen molar-refractivity contribution in [1.82, 2.24) is 0 Å². The monoisotopic (exact) mass is 620 g/mol. The van der Waals surface area contributed by atoms with Gasteiger partial charge in [0.25, 0.3) is 0 Å². The molecule has 2 unspecified atom stereocenters. The molecule has 0 spiro atoms. The van der Waals surface area contributed by atoms with Crippen molar-refractivity contribution >= 4 is 48.1 Å². The summed E-state index contributed by atoms with van der Waals surface area (Å²) in [7, 11) is 15.4. The van der Waals surface area contributed by atoms with Gasteiger partial charge < -0.3 is 0 Å². The first kappa shape index (κ1) is 33.5. The van der Waals surface area contributed by atoms with E-state index in [0.717, 1.165) is 0 Å². The zero-order chi connectivity index (χ0) is 26.4. The van der Waals surface area contributed by atoms with Gasteiger partial charge in [0.05, 0.1) is 0 Å². The van der Waals surface area contributed by atoms with Crippen LogP contribution in [0.25, 0.3) is 0 Å². The number of halogens is 2. The topological polar surface area (TPSA) is 0 Å². The van der Waals surface area contributed by atoms with Crippen molar-refractivity contribution < 1.29 is 15.9 Å². The fraction of sp³-hybridized carbons (Fsp3) is 0.571. The van der Waals surface area contributed by atoms with Gasteiger partial charge in [-0.25, -0.2) is 0 Å². The third-order valence-corrected chi connectivity index (χ3v) is 6.27. The molecule has 0 aromatic heterocycles. The molecule has 2 aromatic carbocycles. The quantitative estimate of drug-likeness (QED) is 0.204. The maximum atomic E-state index is 4.81. The molecule has 0 radical (unpaired) electrons. The summed E-state index contributed by atoms with van der Waals surface area (Å²) in [6, 6.07) is 13.2. The molecule has 0 saturated carbocycles. The first-order valence-electron chi connectivity index (χ1n) is 11.3. The van der Waals surface area contributed by atoms with Gasteiger partial charge in [0.2, 0.25) is 0 Å². The normalized spacial score (nSPS) is 12.5. The van der Waals surface area contributed by atoms with Gasteiger partial charge in [0, 0.05) is 0 Å².